The first kappa shape index (κ1) is 13.7. The monoisotopic (exact) mass is 432 g/mol. The Bertz CT molecular complexity index is 597. The number of hydrogen-bond acceptors (Lipinski definition) is 3. The summed E-state index contributed by atoms with van der Waals surface area (Å²) in [6.07, 6.45) is 0. The van der Waals surface area contributed by atoms with Gasteiger partial charge in [-0.3, -0.25) is 0 Å². The molecule has 0 saturated heterocycles. The Balaban J connectivity index is 2.09. The second-order valence-corrected chi connectivity index (χ2v) is 5.92. The van der Waals surface area contributed by atoms with Gasteiger partial charge in [0.05, 0.1) is 22.7 Å². The number of halogens is 3. The fourth-order valence-electron chi connectivity index (χ4n) is 1.39. The van der Waals surface area contributed by atoms with Crippen LogP contribution in [0.5, 0.6) is 0 Å². The summed E-state index contributed by atoms with van der Waals surface area (Å²) in [6, 6.07) is 9.38. The molecule has 2 rings (SSSR count). The van der Waals surface area contributed by atoms with Crippen LogP contribution in [0, 0.1) is 11.3 Å². The molecule has 2 aromatic rings. The lowest BCUT2D eigenvalue weighted by Gasteiger charge is -2.06. The summed E-state index contributed by atoms with van der Waals surface area (Å²) < 4.78 is 7.88. The molecule has 0 fully saturated rings. The molecule has 0 spiro atoms. The van der Waals surface area contributed by atoms with Crippen LogP contribution in [0.25, 0.3) is 0 Å². The molecule has 0 aliphatic rings. The first-order chi connectivity index (χ1) is 8.60. The van der Waals surface area contributed by atoms with E-state index in [1.54, 1.807) is 12.1 Å². The second-order valence-electron chi connectivity index (χ2n) is 3.49. The maximum atomic E-state index is 8.78. The topological polar surface area (TPSA) is 49.0 Å². The van der Waals surface area contributed by atoms with E-state index in [0.717, 1.165) is 20.4 Å². The van der Waals surface area contributed by atoms with E-state index < -0.39 is 0 Å². The lowest BCUT2D eigenvalue weighted by molar-refractivity contribution is 0.494. The van der Waals surface area contributed by atoms with Crippen molar-refractivity contribution in [1.82, 2.24) is 0 Å². The van der Waals surface area contributed by atoms with E-state index in [9.17, 15) is 0 Å². The van der Waals surface area contributed by atoms with Crippen LogP contribution >= 0.6 is 47.8 Å². The Labute approximate surface area is 130 Å². The zero-order chi connectivity index (χ0) is 13.1. The molecule has 0 bridgehead atoms. The maximum Gasteiger partial charge on any atom is 0.183 e. The summed E-state index contributed by atoms with van der Waals surface area (Å²) in [4.78, 5) is 0. The van der Waals surface area contributed by atoms with Gasteiger partial charge in [0.15, 0.2) is 4.67 Å². The SMILES string of the molecule is N#Cc1ccc(NCc2cc(Br)c(Br)o2)c(Br)c1. The van der Waals surface area contributed by atoms with Gasteiger partial charge in [-0.05, 0) is 72.1 Å². The molecule has 92 valence electrons. The summed E-state index contributed by atoms with van der Waals surface area (Å²) in [5, 5.41) is 12.0. The van der Waals surface area contributed by atoms with E-state index in [1.165, 1.54) is 0 Å². The van der Waals surface area contributed by atoms with Gasteiger partial charge in [-0.25, -0.2) is 0 Å². The molecule has 0 atom stereocenters. The minimum atomic E-state index is 0.564. The number of nitrogens with zero attached hydrogens (tertiary/aromatic N) is 1. The summed E-state index contributed by atoms with van der Waals surface area (Å²) in [7, 11) is 0. The van der Waals surface area contributed by atoms with Gasteiger partial charge in [-0.1, -0.05) is 0 Å². The van der Waals surface area contributed by atoms with Crippen LogP contribution in [-0.4, -0.2) is 0 Å². The van der Waals surface area contributed by atoms with Crippen molar-refractivity contribution in [3.63, 3.8) is 0 Å². The predicted octanol–water partition coefficient (Wildman–Crippen LogP) is 5.05. The van der Waals surface area contributed by atoms with Crippen LogP contribution < -0.4 is 5.32 Å². The molecule has 1 aromatic heterocycles. The van der Waals surface area contributed by atoms with Crippen molar-refractivity contribution < 1.29 is 4.42 Å². The summed E-state index contributed by atoms with van der Waals surface area (Å²) >= 11 is 10.1. The second kappa shape index (κ2) is 5.91. The van der Waals surface area contributed by atoms with Crippen LogP contribution in [0.1, 0.15) is 11.3 Å². The normalized spacial score (nSPS) is 10.1. The van der Waals surface area contributed by atoms with Crippen LogP contribution in [0.4, 0.5) is 5.69 Å². The Kier molecular flexibility index (Phi) is 4.49. The maximum absolute atomic E-state index is 8.78. The van der Waals surface area contributed by atoms with Crippen molar-refractivity contribution in [1.29, 1.82) is 5.26 Å². The highest BCUT2D eigenvalue weighted by atomic mass is 79.9. The zero-order valence-corrected chi connectivity index (χ0v) is 13.8. The zero-order valence-electron chi connectivity index (χ0n) is 9.01. The van der Waals surface area contributed by atoms with Crippen LogP contribution in [-0.2, 0) is 6.54 Å². The van der Waals surface area contributed by atoms with Gasteiger partial charge in [-0.15, -0.1) is 0 Å². The van der Waals surface area contributed by atoms with Crippen molar-refractivity contribution in [3.8, 4) is 6.07 Å². The highest BCUT2D eigenvalue weighted by Crippen LogP contribution is 2.28. The lowest BCUT2D eigenvalue weighted by atomic mass is 10.2. The minimum Gasteiger partial charge on any atom is -0.451 e. The van der Waals surface area contributed by atoms with Crippen molar-refractivity contribution in [2.45, 2.75) is 6.54 Å². The Morgan fingerprint density at radius 3 is 2.50 bits per heavy atom. The van der Waals surface area contributed by atoms with Gasteiger partial charge in [-0.2, -0.15) is 5.26 Å². The van der Waals surface area contributed by atoms with E-state index in [-0.39, 0.29) is 0 Å². The van der Waals surface area contributed by atoms with Gasteiger partial charge < -0.3 is 9.73 Å². The standard InChI is InChI=1S/C12H7Br3N2O/c13-9-3-7(5-16)1-2-11(9)17-6-8-4-10(14)12(15)18-8/h1-4,17H,6H2. The van der Waals surface area contributed by atoms with Crippen molar-refractivity contribution in [2.75, 3.05) is 5.32 Å². The fraction of sp³-hybridized carbons (Fsp3) is 0.0833. The molecular formula is C12H7Br3N2O. The quantitative estimate of drug-likeness (QED) is 0.735. The number of nitrogens with one attached hydrogen (secondary N) is 1. The molecule has 1 N–H and O–H groups in total. The number of nitriles is 1. The third-order valence-corrected chi connectivity index (χ3v) is 4.61. The van der Waals surface area contributed by atoms with E-state index >= 15 is 0 Å². The number of rotatable bonds is 3. The van der Waals surface area contributed by atoms with Gasteiger partial charge in [0.1, 0.15) is 5.76 Å². The van der Waals surface area contributed by atoms with Crippen molar-refractivity contribution in [3.05, 3.63) is 49.2 Å². The number of benzene rings is 1. The lowest BCUT2D eigenvalue weighted by Crippen LogP contribution is -1.98. The third kappa shape index (κ3) is 3.16. The predicted molar refractivity (Wildman–Crippen MR) is 80.3 cm³/mol. The molecule has 0 unspecified atom stereocenters. The van der Waals surface area contributed by atoms with Gasteiger partial charge in [0.25, 0.3) is 0 Å². The first-order valence-electron chi connectivity index (χ1n) is 4.97. The molecule has 3 nitrogen and oxygen atoms in total. The Morgan fingerprint density at radius 1 is 1.17 bits per heavy atom. The van der Waals surface area contributed by atoms with E-state index in [1.807, 2.05) is 12.1 Å². The van der Waals surface area contributed by atoms with E-state index in [0.29, 0.717) is 16.8 Å². The molecule has 1 aromatic carbocycles. The molecule has 1 heterocycles. The highest BCUT2D eigenvalue weighted by Gasteiger charge is 2.07. The molecule has 0 aliphatic carbocycles. The molecular weight excluding hydrogens is 428 g/mol. The molecule has 0 saturated carbocycles. The molecule has 0 amide bonds. The van der Waals surface area contributed by atoms with Gasteiger partial charge in [0, 0.05) is 10.2 Å². The smallest absolute Gasteiger partial charge is 0.183 e. The average Bonchev–Trinajstić information content (AvgIpc) is 2.67. The molecule has 0 aliphatic heterocycles. The third-order valence-electron chi connectivity index (χ3n) is 2.25. The number of hydrogen-bond donors (Lipinski definition) is 1. The number of anilines is 1. The molecule has 6 heteroatoms. The largest absolute Gasteiger partial charge is 0.451 e. The summed E-state index contributed by atoms with van der Waals surface area (Å²) in [5.41, 5.74) is 1.54. The summed E-state index contributed by atoms with van der Waals surface area (Å²) in [5.74, 6) is 0.810. The van der Waals surface area contributed by atoms with Crippen LogP contribution in [0.15, 0.2) is 42.3 Å². The van der Waals surface area contributed by atoms with Gasteiger partial charge in [0.2, 0.25) is 0 Å². The molecule has 0 radical (unpaired) electrons. The Hall–Kier alpha value is -0.770. The van der Waals surface area contributed by atoms with Crippen LogP contribution in [0.3, 0.4) is 0 Å². The molecule has 18 heavy (non-hydrogen) atoms. The fourth-order valence-corrected chi connectivity index (χ4v) is 2.57. The first-order valence-corrected chi connectivity index (χ1v) is 7.35. The Morgan fingerprint density at radius 2 is 1.94 bits per heavy atom. The average molecular weight is 435 g/mol. The summed E-state index contributed by atoms with van der Waals surface area (Å²) in [6.45, 7) is 0.564. The highest BCUT2D eigenvalue weighted by molar-refractivity contribution is 9.13. The van der Waals surface area contributed by atoms with E-state index in [4.69, 9.17) is 9.68 Å². The van der Waals surface area contributed by atoms with Crippen LogP contribution in [0.2, 0.25) is 0 Å². The van der Waals surface area contributed by atoms with E-state index in [2.05, 4.69) is 59.2 Å². The van der Waals surface area contributed by atoms with Gasteiger partial charge >= 0.3 is 0 Å². The van der Waals surface area contributed by atoms with Crippen molar-refractivity contribution in [2.24, 2.45) is 0 Å². The van der Waals surface area contributed by atoms with Crippen molar-refractivity contribution >= 4 is 53.5 Å². The minimum absolute atomic E-state index is 0.564. The number of furan rings is 1.